The summed E-state index contributed by atoms with van der Waals surface area (Å²) in [5.74, 6) is 0.632. The van der Waals surface area contributed by atoms with E-state index in [2.05, 4.69) is 20.8 Å². The van der Waals surface area contributed by atoms with Crippen LogP contribution in [0.15, 0.2) is 0 Å². The highest BCUT2D eigenvalue weighted by Gasteiger charge is 2.12. The van der Waals surface area contributed by atoms with Crippen molar-refractivity contribution in [3.05, 3.63) is 0 Å². The van der Waals surface area contributed by atoms with Crippen molar-refractivity contribution in [1.82, 2.24) is 0 Å². The molecule has 0 radical (unpaired) electrons. The summed E-state index contributed by atoms with van der Waals surface area (Å²) in [5, 5.41) is 34.1. The molecule has 0 amide bonds. The Morgan fingerprint density at radius 3 is 1.13 bits per heavy atom. The van der Waals surface area contributed by atoms with Crippen LogP contribution in [0.2, 0.25) is 0 Å². The normalized spacial score (nSPS) is 13.2. The largest absolute Gasteiger partial charge is 0.465 e. The molecule has 0 aromatic heterocycles. The van der Waals surface area contributed by atoms with E-state index in [1.54, 1.807) is 0 Å². The minimum atomic E-state index is -0.916. The minimum Gasteiger partial charge on any atom is -0.465 e. The standard InChI is InChI=1S/C34H68O2.C6H14O5/c1-4-7-10-13-16-18-19-20-22-25-28-31-34(35)36-32-33(29-26-23-15-12-9-6-3)30-27-24-21-17-14-11-8-5-2;7-1-5(9)3-11-4-6(10)2-8/h33H,4-32H2,1-3H3;5-10H,1-4H2. The van der Waals surface area contributed by atoms with E-state index in [1.807, 2.05) is 0 Å². The Bertz CT molecular complexity index is 579. The van der Waals surface area contributed by atoms with Gasteiger partial charge in [-0.2, -0.15) is 0 Å². The molecular formula is C40H82O7. The third-order valence-corrected chi connectivity index (χ3v) is 8.94. The summed E-state index contributed by atoms with van der Waals surface area (Å²) in [4.78, 5) is 12.3. The summed E-state index contributed by atoms with van der Waals surface area (Å²) < 4.78 is 10.5. The lowest BCUT2D eigenvalue weighted by Gasteiger charge is -2.17. The average molecular weight is 675 g/mol. The predicted molar refractivity (Wildman–Crippen MR) is 198 cm³/mol. The zero-order chi connectivity index (χ0) is 35.1. The van der Waals surface area contributed by atoms with Crippen molar-refractivity contribution < 1.29 is 34.7 Å². The number of carbonyl (C=O) groups excluding carboxylic acids is 1. The lowest BCUT2D eigenvalue weighted by molar-refractivity contribution is -0.145. The van der Waals surface area contributed by atoms with E-state index in [9.17, 15) is 4.79 Å². The van der Waals surface area contributed by atoms with E-state index >= 15 is 0 Å². The first-order valence-corrected chi connectivity index (χ1v) is 20.3. The number of carbonyl (C=O) groups is 1. The topological polar surface area (TPSA) is 116 Å². The summed E-state index contributed by atoms with van der Waals surface area (Å²) in [6.45, 7) is 6.72. The van der Waals surface area contributed by atoms with E-state index in [0.29, 0.717) is 18.9 Å². The van der Waals surface area contributed by atoms with Crippen molar-refractivity contribution >= 4 is 5.97 Å². The highest BCUT2D eigenvalue weighted by Crippen LogP contribution is 2.21. The summed E-state index contributed by atoms with van der Waals surface area (Å²) >= 11 is 0. The molecule has 47 heavy (non-hydrogen) atoms. The van der Waals surface area contributed by atoms with Crippen LogP contribution in [-0.4, -0.2) is 71.6 Å². The quantitative estimate of drug-likeness (QED) is 0.0386. The first kappa shape index (κ1) is 48.4. The van der Waals surface area contributed by atoms with Gasteiger partial charge in [0.15, 0.2) is 0 Å². The Hall–Kier alpha value is -0.730. The number of aliphatic hydroxyl groups excluding tert-OH is 4. The molecule has 7 heteroatoms. The molecule has 0 aliphatic heterocycles. The van der Waals surface area contributed by atoms with Crippen molar-refractivity contribution in [3.63, 3.8) is 0 Å². The molecule has 0 fully saturated rings. The van der Waals surface area contributed by atoms with Gasteiger partial charge in [-0.25, -0.2) is 0 Å². The second kappa shape index (κ2) is 41.4. The highest BCUT2D eigenvalue weighted by molar-refractivity contribution is 5.69. The molecule has 0 heterocycles. The monoisotopic (exact) mass is 675 g/mol. The second-order valence-corrected chi connectivity index (χ2v) is 13.9. The summed E-state index contributed by atoms with van der Waals surface area (Å²) in [6, 6.07) is 0. The van der Waals surface area contributed by atoms with Gasteiger partial charge in [-0.3, -0.25) is 4.79 Å². The van der Waals surface area contributed by atoms with Crippen molar-refractivity contribution in [2.24, 2.45) is 5.92 Å². The van der Waals surface area contributed by atoms with Crippen LogP contribution in [0, 0.1) is 5.92 Å². The molecule has 0 aliphatic carbocycles. The lowest BCUT2D eigenvalue weighted by atomic mass is 9.94. The van der Waals surface area contributed by atoms with Gasteiger partial charge in [-0.15, -0.1) is 0 Å². The predicted octanol–water partition coefficient (Wildman–Crippen LogP) is 9.84. The van der Waals surface area contributed by atoms with Gasteiger partial charge in [0.25, 0.3) is 0 Å². The van der Waals surface area contributed by atoms with Gasteiger partial charge < -0.3 is 29.9 Å². The van der Waals surface area contributed by atoms with E-state index < -0.39 is 12.2 Å². The summed E-state index contributed by atoms with van der Waals surface area (Å²) in [5.41, 5.74) is 0. The Balaban J connectivity index is 0. The highest BCUT2D eigenvalue weighted by atomic mass is 16.5. The van der Waals surface area contributed by atoms with Gasteiger partial charge in [-0.05, 0) is 25.2 Å². The second-order valence-electron chi connectivity index (χ2n) is 13.9. The molecular weight excluding hydrogens is 592 g/mol. The first-order valence-electron chi connectivity index (χ1n) is 20.3. The molecule has 0 spiro atoms. The van der Waals surface area contributed by atoms with Gasteiger partial charge >= 0.3 is 5.97 Å². The fraction of sp³-hybridized carbons (Fsp3) is 0.975. The molecule has 3 atom stereocenters. The van der Waals surface area contributed by atoms with Crippen LogP contribution in [0.25, 0.3) is 0 Å². The van der Waals surface area contributed by atoms with Crippen LogP contribution < -0.4 is 0 Å². The molecule has 0 rings (SSSR count). The van der Waals surface area contributed by atoms with Crippen molar-refractivity contribution in [2.45, 2.75) is 213 Å². The number of hydrogen-bond donors (Lipinski definition) is 4. The maximum atomic E-state index is 12.3. The molecule has 0 aromatic carbocycles. The zero-order valence-corrected chi connectivity index (χ0v) is 31.6. The molecule has 7 nitrogen and oxygen atoms in total. The van der Waals surface area contributed by atoms with Gasteiger partial charge in [0.05, 0.1) is 33.0 Å². The van der Waals surface area contributed by atoms with Crippen LogP contribution in [0.4, 0.5) is 0 Å². The minimum absolute atomic E-state index is 0.0342. The maximum Gasteiger partial charge on any atom is 0.305 e. The number of esters is 1. The van der Waals surface area contributed by atoms with E-state index in [1.165, 1.54) is 167 Å². The molecule has 0 saturated carbocycles. The van der Waals surface area contributed by atoms with Gasteiger partial charge in [-0.1, -0.05) is 175 Å². The molecule has 0 aromatic rings. The van der Waals surface area contributed by atoms with Crippen molar-refractivity contribution in [1.29, 1.82) is 0 Å². The molecule has 3 unspecified atom stereocenters. The van der Waals surface area contributed by atoms with E-state index in [4.69, 9.17) is 29.9 Å². The van der Waals surface area contributed by atoms with Crippen LogP contribution >= 0.6 is 0 Å². The molecule has 4 N–H and O–H groups in total. The Morgan fingerprint density at radius 2 is 0.787 bits per heavy atom. The van der Waals surface area contributed by atoms with Crippen molar-refractivity contribution in [3.8, 4) is 0 Å². The maximum absolute atomic E-state index is 12.3. The van der Waals surface area contributed by atoms with Gasteiger partial charge in [0.2, 0.25) is 0 Å². The fourth-order valence-electron chi connectivity index (χ4n) is 5.75. The van der Waals surface area contributed by atoms with E-state index in [0.717, 1.165) is 6.42 Å². The first-order chi connectivity index (χ1) is 22.9. The smallest absolute Gasteiger partial charge is 0.305 e. The molecule has 0 bridgehead atoms. The van der Waals surface area contributed by atoms with Crippen LogP contribution in [-0.2, 0) is 14.3 Å². The fourth-order valence-corrected chi connectivity index (χ4v) is 5.75. The summed E-state index contributed by atoms with van der Waals surface area (Å²) in [6.07, 6.45) is 34.9. The Morgan fingerprint density at radius 1 is 0.468 bits per heavy atom. The number of ether oxygens (including phenoxy) is 2. The third-order valence-electron chi connectivity index (χ3n) is 8.94. The van der Waals surface area contributed by atoms with Gasteiger partial charge in [0.1, 0.15) is 12.2 Å². The number of unbranched alkanes of at least 4 members (excludes halogenated alkanes) is 22. The van der Waals surface area contributed by atoms with Crippen LogP contribution in [0.1, 0.15) is 201 Å². The number of aliphatic hydroxyl groups is 4. The van der Waals surface area contributed by atoms with Crippen LogP contribution in [0.5, 0.6) is 0 Å². The van der Waals surface area contributed by atoms with Gasteiger partial charge in [0, 0.05) is 6.42 Å². The molecule has 284 valence electrons. The van der Waals surface area contributed by atoms with Crippen LogP contribution in [0.3, 0.4) is 0 Å². The zero-order valence-electron chi connectivity index (χ0n) is 31.6. The number of hydrogen-bond acceptors (Lipinski definition) is 7. The average Bonchev–Trinajstić information content (AvgIpc) is 3.08. The molecule has 0 saturated heterocycles. The SMILES string of the molecule is CCCCCCCCCCCCCC(=O)OCC(CCCCCCCC)CCCCCCCCCC.OCC(O)COCC(O)CO. The Labute approximate surface area is 292 Å². The number of rotatable bonds is 36. The van der Waals surface area contributed by atoms with E-state index in [-0.39, 0.29) is 32.4 Å². The molecule has 0 aliphatic rings. The third kappa shape index (κ3) is 41.4. The Kier molecular flexibility index (Phi) is 42.7. The van der Waals surface area contributed by atoms with Crippen molar-refractivity contribution in [2.75, 3.05) is 33.0 Å². The lowest BCUT2D eigenvalue weighted by Crippen LogP contribution is -2.25. The summed E-state index contributed by atoms with van der Waals surface area (Å²) in [7, 11) is 0.